The van der Waals surface area contributed by atoms with Gasteiger partial charge in [0.05, 0.1) is 0 Å². The van der Waals surface area contributed by atoms with E-state index in [0.717, 1.165) is 35.6 Å². The van der Waals surface area contributed by atoms with Gasteiger partial charge < -0.3 is 10.2 Å². The van der Waals surface area contributed by atoms with Gasteiger partial charge in [-0.2, -0.15) is 0 Å². The second-order valence-corrected chi connectivity index (χ2v) is 5.36. The molecule has 1 aromatic rings. The van der Waals surface area contributed by atoms with Crippen LogP contribution in [0, 0.1) is 0 Å². The van der Waals surface area contributed by atoms with Crippen molar-refractivity contribution in [1.29, 1.82) is 0 Å². The molecule has 0 bridgehead atoms. The molecule has 0 saturated heterocycles. The van der Waals surface area contributed by atoms with E-state index in [2.05, 4.69) is 64.1 Å². The first kappa shape index (κ1) is 14.4. The number of likely N-dealkylation sites (N-methyl/N-ethyl adjacent to an activating group) is 1. The zero-order chi connectivity index (χ0) is 12.8. The van der Waals surface area contributed by atoms with Crippen molar-refractivity contribution in [3.05, 3.63) is 16.5 Å². The monoisotopic (exact) mass is 300 g/mol. The third kappa shape index (κ3) is 5.46. The zero-order valence-corrected chi connectivity index (χ0v) is 12.6. The summed E-state index contributed by atoms with van der Waals surface area (Å²) in [4.78, 5) is 11.0. The fraction of sp³-hybridized carbons (Fsp3) is 0.667. The molecule has 0 radical (unpaired) electrons. The molecule has 0 spiro atoms. The maximum atomic E-state index is 4.50. The molecule has 96 valence electrons. The summed E-state index contributed by atoms with van der Waals surface area (Å²) in [6.45, 7) is 5.26. The van der Waals surface area contributed by atoms with Gasteiger partial charge in [-0.15, -0.1) is 0 Å². The molecule has 0 fully saturated rings. The molecule has 1 aromatic heterocycles. The molecular weight excluding hydrogens is 280 g/mol. The number of hydrogen-bond acceptors (Lipinski definition) is 4. The molecule has 0 aliphatic carbocycles. The lowest BCUT2D eigenvalue weighted by Crippen LogP contribution is -2.30. The lowest BCUT2D eigenvalue weighted by atomic mass is 10.3. The van der Waals surface area contributed by atoms with E-state index in [-0.39, 0.29) is 0 Å². The first-order valence-electron chi connectivity index (χ1n) is 5.96. The molecule has 0 amide bonds. The smallest absolute Gasteiger partial charge is 0.132 e. The van der Waals surface area contributed by atoms with E-state index >= 15 is 0 Å². The molecule has 4 nitrogen and oxygen atoms in total. The Morgan fingerprint density at radius 1 is 1.41 bits per heavy atom. The van der Waals surface area contributed by atoms with Crippen LogP contribution in [0.2, 0.25) is 0 Å². The SMILES string of the molecule is CCCc1nc(Br)cc(NC(C)CN(C)C)n1. The van der Waals surface area contributed by atoms with Crippen molar-refractivity contribution in [2.75, 3.05) is 26.0 Å². The zero-order valence-electron chi connectivity index (χ0n) is 11.0. The number of anilines is 1. The Morgan fingerprint density at radius 3 is 2.71 bits per heavy atom. The van der Waals surface area contributed by atoms with Crippen LogP contribution in [0.4, 0.5) is 5.82 Å². The van der Waals surface area contributed by atoms with Gasteiger partial charge in [-0.3, -0.25) is 0 Å². The minimum Gasteiger partial charge on any atom is -0.366 e. The van der Waals surface area contributed by atoms with E-state index < -0.39 is 0 Å². The molecule has 1 heterocycles. The van der Waals surface area contributed by atoms with Crippen LogP contribution >= 0.6 is 15.9 Å². The molecule has 1 atom stereocenters. The highest BCUT2D eigenvalue weighted by Gasteiger charge is 2.07. The Kier molecular flexibility index (Phi) is 5.85. The van der Waals surface area contributed by atoms with Crippen LogP contribution in [0.3, 0.4) is 0 Å². The highest BCUT2D eigenvalue weighted by atomic mass is 79.9. The minimum absolute atomic E-state index is 0.362. The van der Waals surface area contributed by atoms with E-state index in [0.29, 0.717) is 6.04 Å². The lowest BCUT2D eigenvalue weighted by Gasteiger charge is -2.19. The van der Waals surface area contributed by atoms with Crippen molar-refractivity contribution in [3.63, 3.8) is 0 Å². The summed E-state index contributed by atoms with van der Waals surface area (Å²) >= 11 is 3.42. The van der Waals surface area contributed by atoms with Gasteiger partial charge >= 0.3 is 0 Å². The summed E-state index contributed by atoms with van der Waals surface area (Å²) in [7, 11) is 4.13. The van der Waals surface area contributed by atoms with Crippen molar-refractivity contribution in [3.8, 4) is 0 Å². The van der Waals surface area contributed by atoms with Crippen LogP contribution in [-0.4, -0.2) is 41.5 Å². The third-order valence-corrected chi connectivity index (χ3v) is 2.65. The molecule has 1 rings (SSSR count). The molecular formula is C12H21BrN4. The van der Waals surface area contributed by atoms with Gasteiger partial charge in [0, 0.05) is 25.1 Å². The van der Waals surface area contributed by atoms with Crippen LogP contribution in [0.5, 0.6) is 0 Å². The normalized spacial score (nSPS) is 12.8. The second kappa shape index (κ2) is 6.91. The van der Waals surface area contributed by atoms with Crippen LogP contribution in [0.15, 0.2) is 10.7 Å². The highest BCUT2D eigenvalue weighted by Crippen LogP contribution is 2.14. The standard InChI is InChI=1S/C12H21BrN4/c1-5-6-11-15-10(13)7-12(16-11)14-9(2)8-17(3)4/h7,9H,5-6,8H2,1-4H3,(H,14,15,16). The number of hydrogen-bond donors (Lipinski definition) is 1. The van der Waals surface area contributed by atoms with Gasteiger partial charge in [0.25, 0.3) is 0 Å². The molecule has 1 N–H and O–H groups in total. The summed E-state index contributed by atoms with van der Waals surface area (Å²) in [5.74, 6) is 1.78. The minimum atomic E-state index is 0.362. The first-order chi connectivity index (χ1) is 8.01. The summed E-state index contributed by atoms with van der Waals surface area (Å²) in [6.07, 6.45) is 1.97. The van der Waals surface area contributed by atoms with Crippen molar-refractivity contribution in [1.82, 2.24) is 14.9 Å². The van der Waals surface area contributed by atoms with Crippen molar-refractivity contribution in [2.45, 2.75) is 32.7 Å². The first-order valence-corrected chi connectivity index (χ1v) is 6.75. The summed E-state index contributed by atoms with van der Waals surface area (Å²) in [6, 6.07) is 2.28. The summed E-state index contributed by atoms with van der Waals surface area (Å²) in [5, 5.41) is 3.39. The Morgan fingerprint density at radius 2 is 2.12 bits per heavy atom. The van der Waals surface area contributed by atoms with Crippen molar-refractivity contribution in [2.24, 2.45) is 0 Å². The number of rotatable bonds is 6. The maximum Gasteiger partial charge on any atom is 0.132 e. The maximum absolute atomic E-state index is 4.50. The molecule has 5 heteroatoms. The Bertz CT molecular complexity index is 354. The quantitative estimate of drug-likeness (QED) is 0.820. The van der Waals surface area contributed by atoms with Gasteiger partial charge in [0.1, 0.15) is 16.2 Å². The van der Waals surface area contributed by atoms with E-state index in [1.807, 2.05) is 6.07 Å². The summed E-state index contributed by atoms with van der Waals surface area (Å²) < 4.78 is 0.843. The number of aryl methyl sites for hydroxylation is 1. The summed E-state index contributed by atoms with van der Waals surface area (Å²) in [5.41, 5.74) is 0. The molecule has 0 aromatic carbocycles. The number of nitrogens with one attached hydrogen (secondary N) is 1. The van der Waals surface area contributed by atoms with Crippen LogP contribution < -0.4 is 5.32 Å². The van der Waals surface area contributed by atoms with Gasteiger partial charge in [-0.25, -0.2) is 9.97 Å². The molecule has 0 aliphatic rings. The van der Waals surface area contributed by atoms with Crippen molar-refractivity contribution >= 4 is 21.7 Å². The average molecular weight is 301 g/mol. The van der Waals surface area contributed by atoms with Crippen LogP contribution in [0.1, 0.15) is 26.1 Å². The van der Waals surface area contributed by atoms with E-state index in [1.165, 1.54) is 0 Å². The van der Waals surface area contributed by atoms with Gasteiger partial charge in [0.15, 0.2) is 0 Å². The fourth-order valence-electron chi connectivity index (χ4n) is 1.72. The Balaban J connectivity index is 2.69. The van der Waals surface area contributed by atoms with Crippen LogP contribution in [-0.2, 0) is 6.42 Å². The average Bonchev–Trinajstić information content (AvgIpc) is 2.14. The number of halogens is 1. The van der Waals surface area contributed by atoms with E-state index in [4.69, 9.17) is 0 Å². The number of nitrogens with zero attached hydrogens (tertiary/aromatic N) is 3. The second-order valence-electron chi connectivity index (χ2n) is 4.55. The highest BCUT2D eigenvalue weighted by molar-refractivity contribution is 9.10. The van der Waals surface area contributed by atoms with Gasteiger partial charge in [0.2, 0.25) is 0 Å². The lowest BCUT2D eigenvalue weighted by molar-refractivity contribution is 0.392. The predicted octanol–water partition coefficient (Wildman–Crippen LogP) is 2.55. The number of aromatic nitrogens is 2. The molecule has 0 saturated carbocycles. The predicted molar refractivity (Wildman–Crippen MR) is 75.4 cm³/mol. The molecule has 0 aliphatic heterocycles. The van der Waals surface area contributed by atoms with E-state index in [1.54, 1.807) is 0 Å². The van der Waals surface area contributed by atoms with Crippen LogP contribution in [0.25, 0.3) is 0 Å². The Hall–Kier alpha value is -0.680. The third-order valence-electron chi connectivity index (χ3n) is 2.25. The molecule has 17 heavy (non-hydrogen) atoms. The largest absolute Gasteiger partial charge is 0.366 e. The van der Waals surface area contributed by atoms with Gasteiger partial charge in [-0.1, -0.05) is 6.92 Å². The molecule has 1 unspecified atom stereocenters. The fourth-order valence-corrected chi connectivity index (χ4v) is 2.14. The van der Waals surface area contributed by atoms with Gasteiger partial charge in [-0.05, 0) is 43.4 Å². The Labute approximate surface area is 112 Å². The topological polar surface area (TPSA) is 41.1 Å². The van der Waals surface area contributed by atoms with Crippen molar-refractivity contribution < 1.29 is 0 Å². The van der Waals surface area contributed by atoms with E-state index in [9.17, 15) is 0 Å².